The fourth-order valence-corrected chi connectivity index (χ4v) is 4.08. The average Bonchev–Trinajstić information content (AvgIpc) is 2.98. The number of aromatic nitrogens is 1. The van der Waals surface area contributed by atoms with Crippen LogP contribution in [0.5, 0.6) is 0 Å². The largest absolute Gasteiger partial charge is 0.371 e. The number of aryl methyl sites for hydroxylation is 2. The van der Waals surface area contributed by atoms with Gasteiger partial charge in [0.25, 0.3) is 0 Å². The number of aliphatic imine (C=N–C) groups is 1. The van der Waals surface area contributed by atoms with Crippen LogP contribution in [0.1, 0.15) is 35.3 Å². The maximum absolute atomic E-state index is 13.4. The van der Waals surface area contributed by atoms with E-state index in [-0.39, 0.29) is 5.82 Å². The van der Waals surface area contributed by atoms with Crippen molar-refractivity contribution in [3.63, 3.8) is 0 Å². The van der Waals surface area contributed by atoms with Crippen molar-refractivity contribution < 1.29 is 4.39 Å². The number of piperidine rings is 1. The van der Waals surface area contributed by atoms with Crippen molar-refractivity contribution >= 4 is 23.0 Å². The molecule has 0 unspecified atom stereocenters. The zero-order chi connectivity index (χ0) is 19.2. The molecule has 7 heteroatoms. The second kappa shape index (κ2) is 9.17. The molecule has 1 fully saturated rings. The number of benzene rings is 1. The molecule has 0 atom stereocenters. The van der Waals surface area contributed by atoms with Gasteiger partial charge in [0, 0.05) is 36.2 Å². The van der Waals surface area contributed by atoms with E-state index in [0.29, 0.717) is 12.6 Å². The van der Waals surface area contributed by atoms with Crippen LogP contribution in [-0.4, -0.2) is 36.6 Å². The van der Waals surface area contributed by atoms with Crippen molar-refractivity contribution in [3.8, 4) is 0 Å². The van der Waals surface area contributed by atoms with E-state index in [1.807, 2.05) is 13.0 Å². The highest BCUT2D eigenvalue weighted by Gasteiger charge is 2.20. The molecule has 2 heterocycles. The maximum Gasteiger partial charge on any atom is 0.191 e. The van der Waals surface area contributed by atoms with E-state index < -0.39 is 0 Å². The lowest BCUT2D eigenvalue weighted by Gasteiger charge is -2.34. The van der Waals surface area contributed by atoms with Crippen LogP contribution in [-0.2, 0) is 6.54 Å². The van der Waals surface area contributed by atoms with Crippen LogP contribution in [0.25, 0.3) is 0 Å². The standard InChI is InChI=1S/C20H28FN5S/c1-4-22-20(23-13-19-24-14(2)15(3)27-19)25-17-8-10-26(11-9-17)18-7-5-6-16(21)12-18/h5-7,12,17H,4,8-11,13H2,1-3H3,(H2,22,23,25). The number of anilines is 1. The van der Waals surface area contributed by atoms with Gasteiger partial charge in [0.05, 0.1) is 12.2 Å². The fraction of sp³-hybridized carbons (Fsp3) is 0.500. The Morgan fingerprint density at radius 2 is 2.11 bits per heavy atom. The molecular weight excluding hydrogens is 361 g/mol. The van der Waals surface area contributed by atoms with Crippen LogP contribution >= 0.6 is 11.3 Å². The second-order valence-corrected chi connectivity index (χ2v) is 8.12. The Balaban J connectivity index is 1.55. The molecule has 1 aromatic carbocycles. The second-order valence-electron chi connectivity index (χ2n) is 6.83. The minimum absolute atomic E-state index is 0.179. The van der Waals surface area contributed by atoms with Gasteiger partial charge in [0.2, 0.25) is 0 Å². The summed E-state index contributed by atoms with van der Waals surface area (Å²) >= 11 is 1.71. The first-order valence-electron chi connectivity index (χ1n) is 9.53. The van der Waals surface area contributed by atoms with Gasteiger partial charge in [-0.2, -0.15) is 0 Å². The molecule has 2 N–H and O–H groups in total. The highest BCUT2D eigenvalue weighted by atomic mass is 32.1. The first-order valence-corrected chi connectivity index (χ1v) is 10.3. The first-order chi connectivity index (χ1) is 13.0. The summed E-state index contributed by atoms with van der Waals surface area (Å²) in [6.45, 7) is 9.43. The summed E-state index contributed by atoms with van der Waals surface area (Å²) in [5.74, 6) is 0.661. The summed E-state index contributed by atoms with van der Waals surface area (Å²) in [4.78, 5) is 12.8. The summed E-state index contributed by atoms with van der Waals surface area (Å²) in [5.41, 5.74) is 2.05. The van der Waals surface area contributed by atoms with E-state index >= 15 is 0 Å². The molecule has 5 nitrogen and oxygen atoms in total. The molecule has 27 heavy (non-hydrogen) atoms. The number of rotatable bonds is 5. The van der Waals surface area contributed by atoms with Gasteiger partial charge in [-0.05, 0) is 51.8 Å². The van der Waals surface area contributed by atoms with Crippen LogP contribution < -0.4 is 15.5 Å². The maximum atomic E-state index is 13.4. The van der Waals surface area contributed by atoms with Crippen molar-refractivity contribution in [2.24, 2.45) is 4.99 Å². The number of thiazole rings is 1. The Bertz CT molecular complexity index is 761. The van der Waals surface area contributed by atoms with Crippen molar-refractivity contribution in [1.29, 1.82) is 0 Å². The van der Waals surface area contributed by atoms with Crippen molar-refractivity contribution in [3.05, 3.63) is 45.7 Å². The minimum Gasteiger partial charge on any atom is -0.371 e. The van der Waals surface area contributed by atoms with Gasteiger partial charge in [-0.3, -0.25) is 0 Å². The van der Waals surface area contributed by atoms with E-state index in [1.54, 1.807) is 23.5 Å². The molecule has 1 saturated heterocycles. The summed E-state index contributed by atoms with van der Waals surface area (Å²) in [5, 5.41) is 7.92. The third-order valence-corrected chi connectivity index (χ3v) is 5.86. The molecule has 1 aliphatic heterocycles. The van der Waals surface area contributed by atoms with Gasteiger partial charge in [0.15, 0.2) is 5.96 Å². The predicted octanol–water partition coefficient (Wildman–Crippen LogP) is 3.62. The Kier molecular flexibility index (Phi) is 6.66. The quantitative estimate of drug-likeness (QED) is 0.606. The fourth-order valence-electron chi connectivity index (χ4n) is 3.22. The molecule has 0 aliphatic carbocycles. The zero-order valence-electron chi connectivity index (χ0n) is 16.3. The minimum atomic E-state index is -0.179. The van der Waals surface area contributed by atoms with Gasteiger partial charge in [0.1, 0.15) is 10.8 Å². The van der Waals surface area contributed by atoms with Gasteiger partial charge in [-0.15, -0.1) is 11.3 Å². The Morgan fingerprint density at radius 1 is 1.33 bits per heavy atom. The van der Waals surface area contributed by atoms with Gasteiger partial charge < -0.3 is 15.5 Å². The molecular formula is C20H28FN5S. The summed E-state index contributed by atoms with van der Waals surface area (Å²) in [7, 11) is 0. The molecule has 1 aliphatic rings. The van der Waals surface area contributed by atoms with Crippen molar-refractivity contribution in [2.45, 2.75) is 46.2 Å². The Morgan fingerprint density at radius 3 is 2.74 bits per heavy atom. The Labute approximate surface area is 164 Å². The monoisotopic (exact) mass is 389 g/mol. The number of guanidine groups is 1. The third kappa shape index (κ3) is 5.42. The summed E-state index contributed by atoms with van der Waals surface area (Å²) in [6.07, 6.45) is 1.99. The molecule has 1 aromatic heterocycles. The van der Waals surface area contributed by atoms with Gasteiger partial charge in [-0.25, -0.2) is 14.4 Å². The van der Waals surface area contributed by atoms with Gasteiger partial charge >= 0.3 is 0 Å². The molecule has 3 rings (SSSR count). The number of halogens is 1. The molecule has 0 saturated carbocycles. The van der Waals surface area contributed by atoms with E-state index in [2.05, 4.69) is 34.4 Å². The smallest absolute Gasteiger partial charge is 0.191 e. The van der Waals surface area contributed by atoms with E-state index in [0.717, 1.165) is 54.8 Å². The molecule has 2 aromatic rings. The molecule has 146 valence electrons. The van der Waals surface area contributed by atoms with Crippen LogP contribution in [0.3, 0.4) is 0 Å². The SMILES string of the molecule is CCNC(=NCc1nc(C)c(C)s1)NC1CCN(c2cccc(F)c2)CC1. The topological polar surface area (TPSA) is 52.6 Å². The van der Waals surface area contributed by atoms with Crippen molar-refractivity contribution in [2.75, 3.05) is 24.5 Å². The van der Waals surface area contributed by atoms with Crippen LogP contribution in [0, 0.1) is 19.7 Å². The normalized spacial score (nSPS) is 15.9. The van der Waals surface area contributed by atoms with E-state index in [4.69, 9.17) is 4.99 Å². The highest BCUT2D eigenvalue weighted by molar-refractivity contribution is 7.11. The number of nitrogens with one attached hydrogen (secondary N) is 2. The lowest BCUT2D eigenvalue weighted by Crippen LogP contribution is -2.48. The first kappa shape index (κ1) is 19.6. The van der Waals surface area contributed by atoms with Gasteiger partial charge in [-0.1, -0.05) is 6.07 Å². The number of hydrogen-bond donors (Lipinski definition) is 2. The van der Waals surface area contributed by atoms with Crippen molar-refractivity contribution in [1.82, 2.24) is 15.6 Å². The lowest BCUT2D eigenvalue weighted by atomic mass is 10.0. The predicted molar refractivity (Wildman–Crippen MR) is 111 cm³/mol. The van der Waals surface area contributed by atoms with E-state index in [9.17, 15) is 4.39 Å². The summed E-state index contributed by atoms with van der Waals surface area (Å²) < 4.78 is 13.4. The molecule has 0 spiro atoms. The molecule has 0 radical (unpaired) electrons. The van der Waals surface area contributed by atoms with Crippen LogP contribution in [0.2, 0.25) is 0 Å². The number of hydrogen-bond acceptors (Lipinski definition) is 4. The molecule has 0 bridgehead atoms. The Hall–Kier alpha value is -2.15. The van der Waals surface area contributed by atoms with E-state index in [1.165, 1.54) is 10.9 Å². The molecule has 0 amide bonds. The average molecular weight is 390 g/mol. The van der Waals surface area contributed by atoms with Crippen LogP contribution in [0.15, 0.2) is 29.3 Å². The lowest BCUT2D eigenvalue weighted by molar-refractivity contribution is 0.461. The highest BCUT2D eigenvalue weighted by Crippen LogP contribution is 2.21. The number of nitrogens with zero attached hydrogens (tertiary/aromatic N) is 3. The van der Waals surface area contributed by atoms with Crippen LogP contribution in [0.4, 0.5) is 10.1 Å². The zero-order valence-corrected chi connectivity index (χ0v) is 17.1. The third-order valence-electron chi connectivity index (χ3n) is 4.80. The summed E-state index contributed by atoms with van der Waals surface area (Å²) in [6, 6.07) is 7.21.